The fourth-order valence-corrected chi connectivity index (χ4v) is 4.31. The normalized spacial score (nSPS) is 17.5. The van der Waals surface area contributed by atoms with Gasteiger partial charge in [-0.05, 0) is 55.9 Å². The van der Waals surface area contributed by atoms with E-state index in [1.54, 1.807) is 17.9 Å². The van der Waals surface area contributed by atoms with Crippen LogP contribution < -0.4 is 21.1 Å². The van der Waals surface area contributed by atoms with Gasteiger partial charge in [0, 0.05) is 37.0 Å². The predicted molar refractivity (Wildman–Crippen MR) is 170 cm³/mol. The highest BCUT2D eigenvalue weighted by Gasteiger charge is 2.26. The third-order valence-electron chi connectivity index (χ3n) is 6.45. The Balaban J connectivity index is 0.00000155. The number of likely N-dealkylation sites (tertiary alicyclic amines) is 1. The van der Waals surface area contributed by atoms with E-state index in [1.807, 2.05) is 60.7 Å². The molecule has 2 heterocycles. The average Bonchev–Trinajstić information content (AvgIpc) is 3.42. The molecule has 0 spiro atoms. The number of hydrogen-bond acceptors (Lipinski definition) is 7. The lowest BCUT2D eigenvalue weighted by Gasteiger charge is -2.26. The van der Waals surface area contributed by atoms with E-state index in [-0.39, 0.29) is 17.7 Å². The van der Waals surface area contributed by atoms with Gasteiger partial charge < -0.3 is 30.7 Å². The molecule has 42 heavy (non-hydrogen) atoms. The van der Waals surface area contributed by atoms with Crippen molar-refractivity contribution >= 4 is 17.5 Å². The average molecular weight is 573 g/mol. The van der Waals surface area contributed by atoms with E-state index in [0.717, 1.165) is 25.4 Å². The summed E-state index contributed by atoms with van der Waals surface area (Å²) in [6.07, 6.45) is 6.94. The Morgan fingerprint density at radius 1 is 1.17 bits per heavy atom. The lowest BCUT2D eigenvalue weighted by molar-refractivity contribution is -0.125. The first-order chi connectivity index (χ1) is 20.4. The van der Waals surface area contributed by atoms with E-state index in [1.165, 1.54) is 12.6 Å². The molecule has 1 unspecified atom stereocenters. The summed E-state index contributed by atoms with van der Waals surface area (Å²) < 4.78 is 11.0. The Hall–Kier alpha value is -4.21. The number of carbonyl (C=O) groups excluding carboxylic acids is 1. The van der Waals surface area contributed by atoms with E-state index in [2.05, 4.69) is 31.1 Å². The van der Waals surface area contributed by atoms with Crippen LogP contribution in [0.15, 0.2) is 95.8 Å². The van der Waals surface area contributed by atoms with Crippen LogP contribution >= 0.6 is 0 Å². The van der Waals surface area contributed by atoms with E-state index in [0.29, 0.717) is 54.1 Å². The van der Waals surface area contributed by atoms with E-state index in [9.17, 15) is 4.79 Å². The Morgan fingerprint density at radius 2 is 1.83 bits per heavy atom. The minimum atomic E-state index is -0.126. The molecule has 0 aromatic heterocycles. The standard InChI is InChI=1S/C30H36N6O3.C3H8/c1-3-33-30(35-23-15-17-36(18-23)27(37)10-7-16-34-24-19-38-20-24)28(21(2)31)29(32)22-11-13-26(14-12-22)39-25-8-5-4-6-9-25;1-3-2/h3-14,23-24,32,34H,1,15-20,31H2,2H3,(H,33,35);3H2,1-2H3/b10-7+,28-21+,32-29?;. The summed E-state index contributed by atoms with van der Waals surface area (Å²) in [5.41, 5.74) is 8.11. The number of aliphatic imine (C=N–C) groups is 1. The van der Waals surface area contributed by atoms with Gasteiger partial charge in [-0.25, -0.2) is 0 Å². The molecule has 2 aliphatic heterocycles. The minimum absolute atomic E-state index is 0.0334. The van der Waals surface area contributed by atoms with E-state index < -0.39 is 0 Å². The highest BCUT2D eigenvalue weighted by Crippen LogP contribution is 2.23. The van der Waals surface area contributed by atoms with Crippen molar-refractivity contribution < 1.29 is 14.3 Å². The van der Waals surface area contributed by atoms with Gasteiger partial charge in [-0.3, -0.25) is 15.2 Å². The van der Waals surface area contributed by atoms with Crippen LogP contribution in [0, 0.1) is 5.41 Å². The van der Waals surface area contributed by atoms with Crippen LogP contribution in [0.2, 0.25) is 0 Å². The van der Waals surface area contributed by atoms with E-state index in [4.69, 9.17) is 25.6 Å². The first-order valence-corrected chi connectivity index (χ1v) is 14.5. The van der Waals surface area contributed by atoms with Gasteiger partial charge in [0.25, 0.3) is 0 Å². The Bertz CT molecular complexity index is 1260. The van der Waals surface area contributed by atoms with Crippen LogP contribution in [-0.2, 0) is 9.53 Å². The van der Waals surface area contributed by atoms with Crippen LogP contribution in [-0.4, -0.2) is 67.3 Å². The monoisotopic (exact) mass is 572 g/mol. The second-order valence-electron chi connectivity index (χ2n) is 10.2. The lowest BCUT2D eigenvalue weighted by atomic mass is 9.99. The zero-order chi connectivity index (χ0) is 30.3. The summed E-state index contributed by atoms with van der Waals surface area (Å²) in [4.78, 5) is 19.3. The van der Waals surface area contributed by atoms with Crippen molar-refractivity contribution in [3.8, 4) is 11.5 Å². The van der Waals surface area contributed by atoms with Crippen LogP contribution in [0.25, 0.3) is 0 Å². The molecule has 2 saturated heterocycles. The number of nitrogens with one attached hydrogen (secondary N) is 3. The topological polar surface area (TPSA) is 125 Å². The molecule has 1 atom stereocenters. The minimum Gasteiger partial charge on any atom is -0.457 e. The molecule has 0 radical (unpaired) electrons. The zero-order valence-electron chi connectivity index (χ0n) is 24.9. The van der Waals surface area contributed by atoms with Crippen molar-refractivity contribution in [3.05, 3.63) is 96.4 Å². The maximum absolute atomic E-state index is 12.6. The number of nitrogens with zero attached hydrogens (tertiary/aromatic N) is 2. The third kappa shape index (κ3) is 9.71. The molecule has 9 nitrogen and oxygen atoms in total. The first-order valence-electron chi connectivity index (χ1n) is 14.5. The molecule has 0 bridgehead atoms. The van der Waals surface area contributed by atoms with Gasteiger partial charge >= 0.3 is 0 Å². The van der Waals surface area contributed by atoms with Gasteiger partial charge in [0.1, 0.15) is 17.3 Å². The number of para-hydroxylation sites is 1. The summed E-state index contributed by atoms with van der Waals surface area (Å²) in [6.45, 7) is 13.0. The van der Waals surface area contributed by atoms with Crippen molar-refractivity contribution in [1.82, 2.24) is 15.5 Å². The number of benzene rings is 2. The maximum atomic E-state index is 12.6. The van der Waals surface area contributed by atoms with Gasteiger partial charge in [0.2, 0.25) is 5.91 Å². The van der Waals surface area contributed by atoms with Crippen molar-refractivity contribution in [3.63, 3.8) is 0 Å². The maximum Gasteiger partial charge on any atom is 0.246 e. The van der Waals surface area contributed by atoms with E-state index >= 15 is 0 Å². The molecule has 9 heteroatoms. The van der Waals surface area contributed by atoms with Crippen LogP contribution in [0.3, 0.4) is 0 Å². The highest BCUT2D eigenvalue weighted by molar-refractivity contribution is 6.29. The zero-order valence-corrected chi connectivity index (χ0v) is 24.9. The second kappa shape index (κ2) is 16.9. The molecular formula is C33H44N6O3. The second-order valence-corrected chi connectivity index (χ2v) is 10.2. The molecular weight excluding hydrogens is 528 g/mol. The van der Waals surface area contributed by atoms with Crippen molar-refractivity contribution in [2.45, 2.75) is 45.7 Å². The molecule has 4 rings (SSSR count). The van der Waals surface area contributed by atoms with Gasteiger partial charge in [0.05, 0.1) is 36.6 Å². The molecule has 224 valence electrons. The first kappa shape index (κ1) is 32.3. The number of hydrogen-bond donors (Lipinski definition) is 4. The van der Waals surface area contributed by atoms with Gasteiger partial charge in [-0.15, -0.1) is 0 Å². The summed E-state index contributed by atoms with van der Waals surface area (Å²) in [6, 6.07) is 17.1. The largest absolute Gasteiger partial charge is 0.457 e. The number of ether oxygens (including phenoxy) is 2. The highest BCUT2D eigenvalue weighted by atomic mass is 16.5. The molecule has 2 aromatic rings. The van der Waals surface area contributed by atoms with Crippen LogP contribution in [0.4, 0.5) is 0 Å². The number of allylic oxidation sites excluding steroid dienone is 1. The third-order valence-corrected chi connectivity index (χ3v) is 6.45. The summed E-state index contributed by atoms with van der Waals surface area (Å²) >= 11 is 0. The van der Waals surface area contributed by atoms with Gasteiger partial charge in [-0.1, -0.05) is 51.1 Å². The smallest absolute Gasteiger partial charge is 0.246 e. The van der Waals surface area contributed by atoms with Gasteiger partial charge in [0.15, 0.2) is 0 Å². The Labute approximate surface area is 249 Å². The molecule has 0 saturated carbocycles. The number of nitrogens with two attached hydrogens (primary N) is 1. The fourth-order valence-electron chi connectivity index (χ4n) is 4.31. The Morgan fingerprint density at radius 3 is 2.43 bits per heavy atom. The summed E-state index contributed by atoms with van der Waals surface area (Å²) in [5.74, 6) is 1.84. The molecule has 2 aliphatic rings. The SMILES string of the molecule is C=CNC(=NC1CCN(C(=O)/C=C/CNC2COC2)C1)/C(C(=N)c1ccc(Oc2ccccc2)cc1)=C(\C)N.CCC. The molecule has 2 fully saturated rings. The molecule has 2 aromatic carbocycles. The predicted octanol–water partition coefficient (Wildman–Crippen LogP) is 4.77. The molecule has 1 amide bonds. The van der Waals surface area contributed by atoms with Crippen molar-refractivity contribution in [2.24, 2.45) is 10.7 Å². The number of amidine groups is 1. The summed E-state index contributed by atoms with van der Waals surface area (Å²) in [7, 11) is 0. The summed E-state index contributed by atoms with van der Waals surface area (Å²) in [5, 5.41) is 15.3. The number of rotatable bonds is 11. The van der Waals surface area contributed by atoms with Crippen molar-refractivity contribution in [2.75, 3.05) is 32.8 Å². The number of amides is 1. The number of carbonyl (C=O) groups is 1. The quantitative estimate of drug-likeness (QED) is 0.175. The van der Waals surface area contributed by atoms with Crippen molar-refractivity contribution in [1.29, 1.82) is 5.41 Å². The molecule has 0 aliphatic carbocycles. The van der Waals surface area contributed by atoms with Crippen LogP contribution in [0.5, 0.6) is 11.5 Å². The molecule has 5 N–H and O–H groups in total. The van der Waals surface area contributed by atoms with Crippen LogP contribution in [0.1, 0.15) is 39.2 Å². The fraction of sp³-hybridized carbons (Fsp3) is 0.364. The Kier molecular flexibility index (Phi) is 13.0. The van der Waals surface area contributed by atoms with Gasteiger partial charge in [-0.2, -0.15) is 0 Å². The lowest BCUT2D eigenvalue weighted by Crippen LogP contribution is -2.45.